The van der Waals surface area contributed by atoms with Crippen molar-refractivity contribution in [3.63, 3.8) is 0 Å². The van der Waals surface area contributed by atoms with Crippen LogP contribution in [0.2, 0.25) is 0 Å². The standard InChI is InChI=1S/C15H13ClN2OS/c16-9-11-10-20-15(17-11)6-8-18-7-5-14(19)12-3-1-2-4-13(12)18/h1-5,7,10H,6,8-9H2. The van der Waals surface area contributed by atoms with Crippen LogP contribution < -0.4 is 5.43 Å². The average molecular weight is 305 g/mol. The van der Waals surface area contributed by atoms with Crippen LogP contribution in [0.4, 0.5) is 0 Å². The third-order valence-corrected chi connectivity index (χ3v) is 4.42. The van der Waals surface area contributed by atoms with Crippen LogP contribution >= 0.6 is 22.9 Å². The van der Waals surface area contributed by atoms with Crippen molar-refractivity contribution < 1.29 is 0 Å². The molecule has 0 atom stereocenters. The lowest BCUT2D eigenvalue weighted by Gasteiger charge is -2.09. The molecule has 0 aliphatic heterocycles. The molecule has 2 heterocycles. The van der Waals surface area contributed by atoms with Gasteiger partial charge in [-0.05, 0) is 12.1 Å². The molecular weight excluding hydrogens is 292 g/mol. The number of nitrogens with zero attached hydrogens (tertiary/aromatic N) is 2. The van der Waals surface area contributed by atoms with E-state index in [-0.39, 0.29) is 5.43 Å². The van der Waals surface area contributed by atoms with E-state index < -0.39 is 0 Å². The quantitative estimate of drug-likeness (QED) is 0.692. The fourth-order valence-corrected chi connectivity index (χ4v) is 3.21. The number of rotatable bonds is 4. The predicted octanol–water partition coefficient (Wildman–Crippen LogP) is 3.44. The van der Waals surface area contributed by atoms with Crippen LogP contribution in [-0.4, -0.2) is 9.55 Å². The highest BCUT2D eigenvalue weighted by Crippen LogP contribution is 2.15. The Bertz CT molecular complexity index is 794. The second-order valence-electron chi connectivity index (χ2n) is 4.51. The third-order valence-electron chi connectivity index (χ3n) is 3.19. The molecule has 1 aromatic carbocycles. The van der Waals surface area contributed by atoms with E-state index in [2.05, 4.69) is 9.55 Å². The minimum absolute atomic E-state index is 0.0653. The number of halogens is 1. The number of aromatic nitrogens is 2. The largest absolute Gasteiger partial charge is 0.347 e. The Balaban J connectivity index is 1.87. The second kappa shape index (κ2) is 5.77. The van der Waals surface area contributed by atoms with Crippen molar-refractivity contribution in [1.29, 1.82) is 0 Å². The van der Waals surface area contributed by atoms with E-state index >= 15 is 0 Å². The van der Waals surface area contributed by atoms with Crippen molar-refractivity contribution in [3.05, 3.63) is 62.8 Å². The van der Waals surface area contributed by atoms with Gasteiger partial charge >= 0.3 is 0 Å². The van der Waals surface area contributed by atoms with Crippen molar-refractivity contribution in [2.75, 3.05) is 0 Å². The summed E-state index contributed by atoms with van der Waals surface area (Å²) in [5, 5.41) is 3.82. The van der Waals surface area contributed by atoms with Crippen LogP contribution in [0, 0.1) is 0 Å². The molecule has 0 bridgehead atoms. The van der Waals surface area contributed by atoms with Gasteiger partial charge in [-0.15, -0.1) is 22.9 Å². The highest BCUT2D eigenvalue weighted by molar-refractivity contribution is 7.09. The average Bonchev–Trinajstić information content (AvgIpc) is 2.95. The van der Waals surface area contributed by atoms with E-state index in [9.17, 15) is 4.79 Å². The molecule has 0 radical (unpaired) electrons. The molecule has 0 saturated heterocycles. The summed E-state index contributed by atoms with van der Waals surface area (Å²) in [6, 6.07) is 9.30. The first-order valence-corrected chi connectivity index (χ1v) is 7.77. The zero-order valence-electron chi connectivity index (χ0n) is 10.8. The maximum Gasteiger partial charge on any atom is 0.189 e. The molecule has 0 unspecified atom stereocenters. The first-order valence-electron chi connectivity index (χ1n) is 6.35. The molecule has 2 aromatic heterocycles. The van der Waals surface area contributed by atoms with Gasteiger partial charge in [-0.3, -0.25) is 4.79 Å². The minimum Gasteiger partial charge on any atom is -0.347 e. The molecule has 0 spiro atoms. The smallest absolute Gasteiger partial charge is 0.189 e. The van der Waals surface area contributed by atoms with Gasteiger partial charge in [-0.2, -0.15) is 0 Å². The molecule has 20 heavy (non-hydrogen) atoms. The Labute approximate surface area is 125 Å². The molecule has 3 nitrogen and oxygen atoms in total. The lowest BCUT2D eigenvalue weighted by molar-refractivity contribution is 0.712. The summed E-state index contributed by atoms with van der Waals surface area (Å²) in [6.07, 6.45) is 2.69. The Kier molecular flexibility index (Phi) is 3.85. The molecule has 3 aromatic rings. The minimum atomic E-state index is 0.0653. The summed E-state index contributed by atoms with van der Waals surface area (Å²) in [4.78, 5) is 16.3. The van der Waals surface area contributed by atoms with Crippen LogP contribution in [0.1, 0.15) is 10.7 Å². The van der Waals surface area contributed by atoms with Crippen molar-refractivity contribution in [3.8, 4) is 0 Å². The number of alkyl halides is 1. The van der Waals surface area contributed by atoms with Gasteiger partial charge in [0.1, 0.15) is 0 Å². The topological polar surface area (TPSA) is 34.9 Å². The second-order valence-corrected chi connectivity index (χ2v) is 5.72. The molecular formula is C15H13ClN2OS. The maximum absolute atomic E-state index is 11.8. The van der Waals surface area contributed by atoms with Crippen LogP contribution in [0.25, 0.3) is 10.9 Å². The van der Waals surface area contributed by atoms with Crippen molar-refractivity contribution in [1.82, 2.24) is 9.55 Å². The number of benzene rings is 1. The van der Waals surface area contributed by atoms with Gasteiger partial charge in [-0.1, -0.05) is 12.1 Å². The summed E-state index contributed by atoms with van der Waals surface area (Å²) in [5.74, 6) is 0.456. The summed E-state index contributed by atoms with van der Waals surface area (Å²) < 4.78 is 2.10. The Morgan fingerprint density at radius 2 is 2.10 bits per heavy atom. The van der Waals surface area contributed by atoms with E-state index in [0.29, 0.717) is 5.88 Å². The van der Waals surface area contributed by atoms with E-state index in [4.69, 9.17) is 11.6 Å². The van der Waals surface area contributed by atoms with Gasteiger partial charge in [0.15, 0.2) is 5.43 Å². The van der Waals surface area contributed by atoms with Crippen LogP contribution in [0.5, 0.6) is 0 Å². The molecule has 0 aliphatic carbocycles. The van der Waals surface area contributed by atoms with Gasteiger partial charge in [0.2, 0.25) is 0 Å². The van der Waals surface area contributed by atoms with Gasteiger partial charge in [-0.25, -0.2) is 4.98 Å². The lowest BCUT2D eigenvalue weighted by Crippen LogP contribution is -2.09. The number of fused-ring (bicyclic) bond motifs is 1. The van der Waals surface area contributed by atoms with Crippen LogP contribution in [0.15, 0.2) is 46.7 Å². The monoisotopic (exact) mass is 304 g/mol. The van der Waals surface area contributed by atoms with Gasteiger partial charge < -0.3 is 4.57 Å². The van der Waals surface area contributed by atoms with Gasteiger partial charge in [0.25, 0.3) is 0 Å². The van der Waals surface area contributed by atoms with Crippen molar-refractivity contribution in [2.45, 2.75) is 18.8 Å². The number of aryl methyl sites for hydroxylation is 2. The maximum atomic E-state index is 11.8. The van der Waals surface area contributed by atoms with Crippen molar-refractivity contribution >= 4 is 33.8 Å². The molecule has 5 heteroatoms. The number of hydrogen-bond donors (Lipinski definition) is 0. The highest BCUT2D eigenvalue weighted by Gasteiger charge is 2.04. The molecule has 0 N–H and O–H groups in total. The number of para-hydroxylation sites is 1. The summed E-state index contributed by atoms with van der Waals surface area (Å²) in [7, 11) is 0. The predicted molar refractivity (Wildman–Crippen MR) is 83.6 cm³/mol. The summed E-state index contributed by atoms with van der Waals surface area (Å²) in [5.41, 5.74) is 1.96. The van der Waals surface area contributed by atoms with Crippen LogP contribution in [-0.2, 0) is 18.8 Å². The Morgan fingerprint density at radius 3 is 2.90 bits per heavy atom. The summed E-state index contributed by atoms with van der Waals surface area (Å²) >= 11 is 7.39. The molecule has 3 rings (SSSR count). The summed E-state index contributed by atoms with van der Waals surface area (Å²) in [6.45, 7) is 0.802. The molecule has 0 fully saturated rings. The molecule has 102 valence electrons. The van der Waals surface area contributed by atoms with E-state index in [0.717, 1.165) is 34.6 Å². The molecule has 0 saturated carbocycles. The zero-order chi connectivity index (χ0) is 13.9. The Hall–Kier alpha value is -1.65. The van der Waals surface area contributed by atoms with E-state index in [1.807, 2.05) is 35.8 Å². The Morgan fingerprint density at radius 1 is 1.25 bits per heavy atom. The zero-order valence-corrected chi connectivity index (χ0v) is 12.3. The third kappa shape index (κ3) is 2.62. The first-order chi connectivity index (χ1) is 9.78. The molecule has 0 amide bonds. The number of hydrogen-bond acceptors (Lipinski definition) is 3. The van der Waals surface area contributed by atoms with Crippen LogP contribution in [0.3, 0.4) is 0 Å². The van der Waals surface area contributed by atoms with Crippen molar-refractivity contribution in [2.24, 2.45) is 0 Å². The normalized spacial score (nSPS) is 11.1. The van der Waals surface area contributed by atoms with Gasteiger partial charge in [0.05, 0.1) is 22.1 Å². The molecule has 0 aliphatic rings. The highest BCUT2D eigenvalue weighted by atomic mass is 35.5. The fourth-order valence-electron chi connectivity index (χ4n) is 2.20. The SMILES string of the molecule is O=c1ccn(CCc2nc(CCl)cs2)c2ccccc12. The lowest BCUT2D eigenvalue weighted by atomic mass is 10.2. The number of thiazole rings is 1. The number of pyridine rings is 1. The van der Waals surface area contributed by atoms with E-state index in [1.165, 1.54) is 0 Å². The fraction of sp³-hybridized carbons (Fsp3) is 0.200. The van der Waals surface area contributed by atoms with E-state index in [1.54, 1.807) is 17.4 Å². The van der Waals surface area contributed by atoms with Gasteiger partial charge in [0, 0.05) is 36.0 Å². The first kappa shape index (κ1) is 13.3.